The highest BCUT2D eigenvalue weighted by molar-refractivity contribution is 5.21. The minimum Gasteiger partial charge on any atom is -0.234 e. The van der Waals surface area contributed by atoms with E-state index >= 15 is 0 Å². The number of unbranched alkanes of at least 4 members (excludes halogenated alkanes) is 4. The summed E-state index contributed by atoms with van der Waals surface area (Å²) in [7, 11) is 0. The predicted octanol–water partition coefficient (Wildman–Crippen LogP) is 7.26. The van der Waals surface area contributed by atoms with Crippen LogP contribution in [-0.2, 0) is 19.4 Å². The quantitative estimate of drug-likeness (QED) is 0.216. The Balaban J connectivity index is 1.88. The first kappa shape index (κ1) is 23.3. The van der Waals surface area contributed by atoms with Gasteiger partial charge >= 0.3 is 0 Å². The molecule has 2 aromatic carbocycles. The van der Waals surface area contributed by atoms with Crippen molar-refractivity contribution in [2.45, 2.75) is 91.1 Å². The largest absolute Gasteiger partial charge is 0.261 e. The molecular formula is C29H41N2+. The smallest absolute Gasteiger partial charge is 0.234 e. The number of aryl methyl sites for hydroxylation is 1. The van der Waals surface area contributed by atoms with E-state index in [2.05, 4.69) is 104 Å². The van der Waals surface area contributed by atoms with Crippen molar-refractivity contribution < 1.29 is 4.57 Å². The van der Waals surface area contributed by atoms with Crippen LogP contribution in [0.1, 0.15) is 94.4 Å². The molecule has 2 nitrogen and oxygen atoms in total. The van der Waals surface area contributed by atoms with Crippen molar-refractivity contribution in [2.75, 3.05) is 0 Å². The van der Waals surface area contributed by atoms with Crippen LogP contribution in [-0.4, -0.2) is 4.57 Å². The molecule has 0 bridgehead atoms. The van der Waals surface area contributed by atoms with Crippen LogP contribution in [0.5, 0.6) is 0 Å². The van der Waals surface area contributed by atoms with Gasteiger partial charge in [0, 0.05) is 6.42 Å². The van der Waals surface area contributed by atoms with E-state index in [1.54, 1.807) is 0 Å². The average Bonchev–Trinajstić information content (AvgIpc) is 3.11. The van der Waals surface area contributed by atoms with Gasteiger partial charge in [-0.25, -0.2) is 9.13 Å². The van der Waals surface area contributed by atoms with Gasteiger partial charge in [-0.05, 0) is 43.7 Å². The van der Waals surface area contributed by atoms with Gasteiger partial charge in [0.05, 0.1) is 19.0 Å². The lowest BCUT2D eigenvalue weighted by molar-refractivity contribution is -0.729. The van der Waals surface area contributed by atoms with E-state index in [1.165, 1.54) is 54.7 Å². The molecule has 1 atom stereocenters. The van der Waals surface area contributed by atoms with Crippen LogP contribution in [0.3, 0.4) is 0 Å². The molecule has 0 aliphatic rings. The summed E-state index contributed by atoms with van der Waals surface area (Å²) in [6, 6.07) is 22.4. The fraction of sp³-hybridized carbons (Fsp3) is 0.483. The Bertz CT molecular complexity index is 893. The number of aromatic nitrogens is 2. The number of benzene rings is 2. The van der Waals surface area contributed by atoms with Crippen molar-refractivity contribution in [2.24, 2.45) is 0 Å². The molecule has 0 spiro atoms. The predicted molar refractivity (Wildman–Crippen MR) is 132 cm³/mol. The highest BCUT2D eigenvalue weighted by Crippen LogP contribution is 2.22. The fourth-order valence-electron chi connectivity index (χ4n) is 4.66. The Morgan fingerprint density at radius 1 is 0.806 bits per heavy atom. The third kappa shape index (κ3) is 6.56. The van der Waals surface area contributed by atoms with E-state index < -0.39 is 0 Å². The van der Waals surface area contributed by atoms with Crippen molar-refractivity contribution in [3.05, 3.63) is 89.5 Å². The van der Waals surface area contributed by atoms with Crippen LogP contribution in [0.4, 0.5) is 0 Å². The monoisotopic (exact) mass is 417 g/mol. The van der Waals surface area contributed by atoms with E-state index in [9.17, 15) is 0 Å². The molecule has 0 aliphatic heterocycles. The number of imidazole rings is 1. The van der Waals surface area contributed by atoms with E-state index in [1.807, 2.05) is 0 Å². The Kier molecular flexibility index (Phi) is 8.94. The summed E-state index contributed by atoms with van der Waals surface area (Å²) in [5.74, 6) is 1.96. The van der Waals surface area contributed by atoms with Gasteiger partial charge < -0.3 is 0 Å². The van der Waals surface area contributed by atoms with Crippen molar-refractivity contribution in [1.82, 2.24) is 4.57 Å². The highest BCUT2D eigenvalue weighted by Gasteiger charge is 2.26. The van der Waals surface area contributed by atoms with E-state index in [4.69, 9.17) is 0 Å². The molecule has 166 valence electrons. The van der Waals surface area contributed by atoms with E-state index in [-0.39, 0.29) is 0 Å². The highest BCUT2D eigenvalue weighted by atomic mass is 15.2. The first-order chi connectivity index (χ1) is 15.1. The average molecular weight is 418 g/mol. The van der Waals surface area contributed by atoms with Crippen LogP contribution < -0.4 is 4.57 Å². The zero-order chi connectivity index (χ0) is 22.1. The van der Waals surface area contributed by atoms with Gasteiger partial charge in [-0.2, -0.15) is 0 Å². The van der Waals surface area contributed by atoms with Gasteiger partial charge in [0.25, 0.3) is 5.82 Å². The second kappa shape index (κ2) is 11.9. The Labute approximate surface area is 190 Å². The second-order valence-corrected chi connectivity index (χ2v) is 9.29. The summed E-state index contributed by atoms with van der Waals surface area (Å²) in [6.07, 6.45) is 11.1. The first-order valence-corrected chi connectivity index (χ1v) is 12.3. The molecule has 31 heavy (non-hydrogen) atoms. The number of hydrogen-bond acceptors (Lipinski definition) is 0. The third-order valence-corrected chi connectivity index (χ3v) is 6.33. The molecule has 1 aromatic heterocycles. The Hall–Kier alpha value is -2.35. The van der Waals surface area contributed by atoms with Crippen LogP contribution in [0.2, 0.25) is 0 Å². The molecule has 1 unspecified atom stereocenters. The SMILES string of the molecule is CCCCCCCn1cc(CC(C)c2ccccc2)[n+](C(C)C)c1Cc1ccccc1. The minimum absolute atomic E-state index is 0.457. The molecule has 0 fully saturated rings. The molecule has 0 aliphatic carbocycles. The van der Waals surface area contributed by atoms with Crippen molar-refractivity contribution in [1.29, 1.82) is 0 Å². The molecule has 2 heteroatoms. The molecule has 0 N–H and O–H groups in total. The number of rotatable bonds is 12. The molecule has 0 saturated heterocycles. The normalized spacial score (nSPS) is 12.4. The summed E-state index contributed by atoms with van der Waals surface area (Å²) >= 11 is 0. The van der Waals surface area contributed by atoms with Crippen molar-refractivity contribution in [3.8, 4) is 0 Å². The maximum atomic E-state index is 2.61. The van der Waals surface area contributed by atoms with Crippen LogP contribution in [0, 0.1) is 0 Å². The molecule has 0 radical (unpaired) electrons. The molecule has 3 rings (SSSR count). The maximum Gasteiger partial charge on any atom is 0.261 e. The Morgan fingerprint density at radius 3 is 2.10 bits per heavy atom. The molecule has 0 saturated carbocycles. The summed E-state index contributed by atoms with van der Waals surface area (Å²) < 4.78 is 5.17. The van der Waals surface area contributed by atoms with Gasteiger partial charge in [-0.3, -0.25) is 0 Å². The van der Waals surface area contributed by atoms with Gasteiger partial charge in [0.15, 0.2) is 0 Å². The van der Waals surface area contributed by atoms with Gasteiger partial charge in [-0.1, -0.05) is 93.8 Å². The third-order valence-electron chi connectivity index (χ3n) is 6.33. The van der Waals surface area contributed by atoms with Gasteiger partial charge in [0.1, 0.15) is 11.9 Å². The van der Waals surface area contributed by atoms with Gasteiger partial charge in [-0.15, -0.1) is 0 Å². The molecule has 1 heterocycles. The van der Waals surface area contributed by atoms with Crippen LogP contribution in [0.15, 0.2) is 66.9 Å². The lowest BCUT2D eigenvalue weighted by Gasteiger charge is -2.13. The van der Waals surface area contributed by atoms with E-state index in [0.717, 1.165) is 19.4 Å². The number of nitrogens with zero attached hydrogens (tertiary/aromatic N) is 2. The summed E-state index contributed by atoms with van der Waals surface area (Å²) in [6.45, 7) is 10.4. The lowest BCUT2D eigenvalue weighted by Crippen LogP contribution is -2.43. The van der Waals surface area contributed by atoms with Crippen molar-refractivity contribution in [3.63, 3.8) is 0 Å². The molecular weight excluding hydrogens is 376 g/mol. The Morgan fingerprint density at radius 2 is 1.45 bits per heavy atom. The minimum atomic E-state index is 0.457. The van der Waals surface area contributed by atoms with Crippen LogP contribution >= 0.6 is 0 Å². The summed E-state index contributed by atoms with van der Waals surface area (Å²) in [5.41, 5.74) is 4.28. The zero-order valence-corrected chi connectivity index (χ0v) is 20.1. The van der Waals surface area contributed by atoms with Gasteiger partial charge in [0.2, 0.25) is 0 Å². The lowest BCUT2D eigenvalue weighted by atomic mass is 9.96. The molecule has 3 aromatic rings. The second-order valence-electron chi connectivity index (χ2n) is 9.29. The summed E-state index contributed by atoms with van der Waals surface area (Å²) in [4.78, 5) is 0. The first-order valence-electron chi connectivity index (χ1n) is 12.3. The number of hydrogen-bond donors (Lipinski definition) is 0. The van der Waals surface area contributed by atoms with E-state index in [0.29, 0.717) is 12.0 Å². The molecule has 0 amide bonds. The topological polar surface area (TPSA) is 8.81 Å². The fourth-order valence-corrected chi connectivity index (χ4v) is 4.66. The van der Waals surface area contributed by atoms with Crippen molar-refractivity contribution >= 4 is 0 Å². The standard InChI is InChI=1S/C29H41N2/c1-5-6-7-8-15-20-30-23-28(21-25(4)27-18-13-10-14-19-27)31(24(2)3)29(30)22-26-16-11-9-12-17-26/h9-14,16-19,23-25H,5-8,15,20-22H2,1-4H3/q+1. The maximum absolute atomic E-state index is 2.61. The summed E-state index contributed by atoms with van der Waals surface area (Å²) in [5, 5.41) is 0. The zero-order valence-electron chi connectivity index (χ0n) is 20.1. The van der Waals surface area contributed by atoms with Crippen LogP contribution in [0.25, 0.3) is 0 Å².